The van der Waals surface area contributed by atoms with Gasteiger partial charge >= 0.3 is 5.97 Å². The lowest BCUT2D eigenvalue weighted by Crippen LogP contribution is -2.53. The fourth-order valence-electron chi connectivity index (χ4n) is 9.17. The van der Waals surface area contributed by atoms with Gasteiger partial charge in [0.15, 0.2) is 5.71 Å². The van der Waals surface area contributed by atoms with Crippen LogP contribution in [0.25, 0.3) is 27.8 Å². The number of aliphatic carboxylic acids is 1. The smallest absolute Gasteiger partial charge is 0.303 e. The van der Waals surface area contributed by atoms with E-state index in [0.717, 1.165) is 38.6 Å². The molecular formula is C47H57N4O13S3+. The summed E-state index contributed by atoms with van der Waals surface area (Å²) in [7, 11) is -13.0. The zero-order valence-corrected chi connectivity index (χ0v) is 39.8. The maximum Gasteiger partial charge on any atom is 0.303 e. The van der Waals surface area contributed by atoms with Crippen LogP contribution in [0.15, 0.2) is 96.1 Å². The van der Waals surface area contributed by atoms with Gasteiger partial charge in [0, 0.05) is 71.8 Å². The summed E-state index contributed by atoms with van der Waals surface area (Å²) in [5.41, 5.74) is 1.97. The van der Waals surface area contributed by atoms with Crippen LogP contribution in [0.3, 0.4) is 0 Å². The number of rotatable bonds is 22. The Hall–Kier alpha value is -5.51. The lowest BCUT2D eigenvalue weighted by molar-refractivity contribution is -0.437. The average molecular weight is 982 g/mol. The van der Waals surface area contributed by atoms with E-state index in [1.807, 2.05) is 102 Å². The normalized spacial score (nSPS) is 18.6. The molecule has 1 aromatic heterocycles. The van der Waals surface area contributed by atoms with Crippen molar-refractivity contribution >= 4 is 87.3 Å². The Bertz CT molecular complexity index is 3090. The van der Waals surface area contributed by atoms with Crippen LogP contribution in [0.4, 0.5) is 5.69 Å². The predicted molar refractivity (Wildman–Crippen MR) is 256 cm³/mol. The van der Waals surface area contributed by atoms with Crippen molar-refractivity contribution in [2.24, 2.45) is 5.41 Å². The highest BCUT2D eigenvalue weighted by Crippen LogP contribution is 2.43. The number of nitrogens with one attached hydrogen (secondary N) is 2. The number of nitrogens with zero attached hydrogens (tertiary/aromatic N) is 2. The van der Waals surface area contributed by atoms with Crippen molar-refractivity contribution < 1.29 is 63.0 Å². The van der Waals surface area contributed by atoms with E-state index < -0.39 is 82.8 Å². The molecule has 1 atom stereocenters. The van der Waals surface area contributed by atoms with E-state index in [-0.39, 0.29) is 51.7 Å². The molecule has 4 aromatic rings. The Morgan fingerprint density at radius 1 is 0.731 bits per heavy atom. The molecule has 20 heteroatoms. The summed E-state index contributed by atoms with van der Waals surface area (Å²) in [5, 5.41) is 17.9. The van der Waals surface area contributed by atoms with Gasteiger partial charge in [-0.3, -0.25) is 28.0 Å². The molecule has 0 fully saturated rings. The molecule has 0 bridgehead atoms. The number of carbonyl (C=O) groups excluding carboxylic acids is 2. The molecule has 1 unspecified atom stereocenters. The Balaban J connectivity index is 1.50. The predicted octanol–water partition coefficient (Wildman–Crippen LogP) is 4.88. The number of benzene rings is 3. The second-order valence-corrected chi connectivity index (χ2v) is 22.3. The Morgan fingerprint density at radius 3 is 2.07 bits per heavy atom. The number of aromatic nitrogens is 1. The summed E-state index contributed by atoms with van der Waals surface area (Å²) in [4.78, 5) is 40.2. The number of carboxylic acids is 1. The maximum absolute atomic E-state index is 14.6. The topological polar surface area (TPSA) is 267 Å². The minimum Gasteiger partial charge on any atom is -0.481 e. The quantitative estimate of drug-likeness (QED) is 0.0266. The van der Waals surface area contributed by atoms with Crippen molar-refractivity contribution in [1.82, 2.24) is 15.2 Å². The number of fused-ring (bicyclic) bond motifs is 1. The Morgan fingerprint density at radius 2 is 1.39 bits per heavy atom. The van der Waals surface area contributed by atoms with Crippen LogP contribution in [0, 0.1) is 5.41 Å². The molecule has 2 heterocycles. The van der Waals surface area contributed by atoms with E-state index in [0.29, 0.717) is 35.8 Å². The van der Waals surface area contributed by atoms with Gasteiger partial charge in [0.05, 0.1) is 22.7 Å². The fourth-order valence-corrected chi connectivity index (χ4v) is 10.5. The first-order valence-electron chi connectivity index (χ1n) is 22.0. The largest absolute Gasteiger partial charge is 0.481 e. The van der Waals surface area contributed by atoms with Crippen LogP contribution in [-0.2, 0) is 56.7 Å². The van der Waals surface area contributed by atoms with Crippen LogP contribution in [0.1, 0.15) is 70.8 Å². The van der Waals surface area contributed by atoms with Crippen LogP contribution in [0.5, 0.6) is 0 Å². The number of para-hydroxylation sites is 1. The first-order chi connectivity index (χ1) is 31.5. The Labute approximate surface area is 390 Å². The van der Waals surface area contributed by atoms with Crippen molar-refractivity contribution in [3.05, 3.63) is 107 Å². The van der Waals surface area contributed by atoms with Crippen molar-refractivity contribution in [3.8, 4) is 0 Å². The number of carboxylic acid groups (broad SMARTS) is 1. The lowest BCUT2D eigenvalue weighted by atomic mass is 9.70. The van der Waals surface area contributed by atoms with Gasteiger partial charge in [-0.2, -0.15) is 29.8 Å². The summed E-state index contributed by atoms with van der Waals surface area (Å²) >= 11 is 0. The molecule has 0 radical (unpaired) electrons. The second kappa shape index (κ2) is 20.8. The van der Waals surface area contributed by atoms with Crippen molar-refractivity contribution in [1.29, 1.82) is 0 Å². The standard InChI is InChI=1S/C47H56N4O13S3/c1-46(2)37-15-5-6-16-39(37)51(26-11-28-66(59,60)61)41(46)22-20-34-30-33(19-21-38-36-14-8-12-35-13-9-17-40(43(35)36)50(38)25-10-27-65(56,57)58)31-47(32-34,45(55)49-24-29-67(62,63)64)44(54)48-23-7-3-4-18-42(52)53/h5-6,8-9,12-17,19-22,30H,3-4,7,10-11,18,23-29,31-32H2,1-2H3,(H5-,48,49,52,53,54,55,56,57,58,59,60,61,62,63,64)/p+1. The van der Waals surface area contributed by atoms with Gasteiger partial charge in [0.1, 0.15) is 12.0 Å². The highest BCUT2D eigenvalue weighted by Gasteiger charge is 2.49. The van der Waals surface area contributed by atoms with Crippen molar-refractivity contribution in [3.63, 3.8) is 0 Å². The van der Waals surface area contributed by atoms with Crippen LogP contribution in [0.2, 0.25) is 0 Å². The van der Waals surface area contributed by atoms with E-state index in [2.05, 4.69) is 10.6 Å². The number of aryl methyl sites for hydroxylation is 1. The van der Waals surface area contributed by atoms with E-state index in [1.165, 1.54) is 0 Å². The molecule has 1 aliphatic carbocycles. The zero-order valence-electron chi connectivity index (χ0n) is 37.3. The monoisotopic (exact) mass is 981 g/mol. The van der Waals surface area contributed by atoms with E-state index >= 15 is 0 Å². The van der Waals surface area contributed by atoms with Crippen LogP contribution in [-0.4, -0.2) is 114 Å². The molecule has 0 spiro atoms. The molecular weight excluding hydrogens is 925 g/mol. The van der Waals surface area contributed by atoms with Gasteiger partial charge in [-0.05, 0) is 74.6 Å². The molecule has 1 aliphatic heterocycles. The molecule has 6 rings (SSSR count). The minimum absolute atomic E-state index is 0.0470. The van der Waals surface area contributed by atoms with Gasteiger partial charge < -0.3 is 20.3 Å². The minimum atomic E-state index is -4.50. The van der Waals surface area contributed by atoms with Gasteiger partial charge in [-0.25, -0.2) is 0 Å². The second-order valence-electron chi connectivity index (χ2n) is 17.6. The first kappa shape index (κ1) is 50.9. The summed E-state index contributed by atoms with van der Waals surface area (Å²) in [6.07, 6.45) is 10.2. The molecule has 2 amide bonds. The summed E-state index contributed by atoms with van der Waals surface area (Å²) in [6, 6.07) is 19.2. The van der Waals surface area contributed by atoms with Crippen molar-refractivity contribution in [2.75, 3.05) is 36.9 Å². The molecule has 2 aliphatic rings. The number of unbranched alkanes of at least 4 members (excludes halogenated alkanes) is 2. The maximum atomic E-state index is 14.6. The number of carbonyl (C=O) groups is 3. The molecule has 6 N–H and O–H groups in total. The fraction of sp³-hybridized carbons (Fsp3) is 0.404. The average Bonchev–Trinajstić information content (AvgIpc) is 3.66. The molecule has 67 heavy (non-hydrogen) atoms. The molecule has 3 aromatic carbocycles. The van der Waals surface area contributed by atoms with Crippen molar-refractivity contribution in [2.45, 2.75) is 77.2 Å². The lowest BCUT2D eigenvalue weighted by Gasteiger charge is -2.35. The number of allylic oxidation sites excluding steroid dienone is 6. The van der Waals surface area contributed by atoms with Crippen LogP contribution < -0.4 is 16.0 Å². The number of amides is 2. The van der Waals surface area contributed by atoms with E-state index in [4.69, 9.17) is 5.11 Å². The highest BCUT2D eigenvalue weighted by atomic mass is 32.2. The summed E-state index contributed by atoms with van der Waals surface area (Å²) in [5.74, 6) is -4.14. The number of hydrogen-bond donors (Lipinski definition) is 6. The zero-order chi connectivity index (χ0) is 48.8. The third kappa shape index (κ3) is 12.7. The highest BCUT2D eigenvalue weighted by molar-refractivity contribution is 7.86. The molecule has 360 valence electrons. The first-order valence-corrected chi connectivity index (χ1v) is 26.8. The summed E-state index contributed by atoms with van der Waals surface area (Å²) in [6.45, 7) is 4.10. The van der Waals surface area contributed by atoms with Crippen LogP contribution >= 0.6 is 0 Å². The van der Waals surface area contributed by atoms with Gasteiger partial charge in [-0.1, -0.05) is 73.2 Å². The molecule has 17 nitrogen and oxygen atoms in total. The van der Waals surface area contributed by atoms with Gasteiger partial charge in [0.2, 0.25) is 17.5 Å². The Kier molecular flexibility index (Phi) is 15.8. The molecule has 0 saturated carbocycles. The van der Waals surface area contributed by atoms with Gasteiger partial charge in [-0.15, -0.1) is 0 Å². The SMILES string of the molecule is CC1(C)C(C=CC2=CC(=CC=c3c4cccc5cccc(c54)n3CCCS(=O)(=O)O)CC(C(=O)NCCCCCC(=O)O)(C(=O)NCCS(=O)(=O)O)C2)=[N+](CCCS(=O)(=O)O)c2ccccc21. The third-order valence-electron chi connectivity index (χ3n) is 12.3. The van der Waals surface area contributed by atoms with Gasteiger partial charge in [0.25, 0.3) is 30.4 Å². The number of hydrogen-bond acceptors (Lipinski definition) is 9. The van der Waals surface area contributed by atoms with E-state index in [1.54, 1.807) is 12.2 Å². The third-order valence-corrected chi connectivity index (χ3v) is 14.6. The summed E-state index contributed by atoms with van der Waals surface area (Å²) < 4.78 is 103. The van der Waals surface area contributed by atoms with E-state index in [9.17, 15) is 53.3 Å². The molecule has 0 saturated heterocycles.